The summed E-state index contributed by atoms with van der Waals surface area (Å²) >= 11 is 5.96. The molecule has 7 nitrogen and oxygen atoms in total. The smallest absolute Gasteiger partial charge is 0.221 e. The van der Waals surface area contributed by atoms with E-state index in [0.29, 0.717) is 40.4 Å². The molecule has 1 atom stereocenters. The van der Waals surface area contributed by atoms with Crippen molar-refractivity contribution in [3.05, 3.63) is 21.8 Å². The molecule has 0 aliphatic heterocycles. The maximum Gasteiger partial charge on any atom is 0.221 e. The van der Waals surface area contributed by atoms with Crippen LogP contribution in [0.25, 0.3) is 0 Å². The zero-order chi connectivity index (χ0) is 21.4. The van der Waals surface area contributed by atoms with Gasteiger partial charge in [0, 0.05) is 48.2 Å². The van der Waals surface area contributed by atoms with Gasteiger partial charge in [0.05, 0.1) is 18.4 Å². The summed E-state index contributed by atoms with van der Waals surface area (Å²) in [5.41, 5.74) is 1.14. The van der Waals surface area contributed by atoms with Gasteiger partial charge in [0.25, 0.3) is 0 Å². The molecular weight excluding hydrogens is 707 g/mol. The largest absolute Gasteiger partial charge is 0.396 e. The van der Waals surface area contributed by atoms with E-state index >= 15 is 0 Å². The highest BCUT2D eigenvalue weighted by molar-refractivity contribution is 14.1. The van der Waals surface area contributed by atoms with Gasteiger partial charge in [-0.05, 0) is 87.0 Å². The quantitative estimate of drug-likeness (QED) is 0.158. The molecule has 0 aliphatic rings. The van der Waals surface area contributed by atoms with Crippen LogP contribution in [0.2, 0.25) is 0 Å². The Morgan fingerprint density at radius 1 is 0.929 bits per heavy atom. The number of benzene rings is 1. The van der Waals surface area contributed by atoms with Gasteiger partial charge in [-0.1, -0.05) is 0 Å². The van der Waals surface area contributed by atoms with E-state index in [4.69, 9.17) is 10.2 Å². The second kappa shape index (κ2) is 12.7. The summed E-state index contributed by atoms with van der Waals surface area (Å²) in [4.78, 5) is 37.3. The van der Waals surface area contributed by atoms with E-state index in [-0.39, 0.29) is 43.3 Å². The maximum atomic E-state index is 12.8. The van der Waals surface area contributed by atoms with Gasteiger partial charge in [0.2, 0.25) is 5.91 Å². The minimum absolute atomic E-state index is 0.00220. The predicted octanol–water partition coefficient (Wildman–Crippen LogP) is 3.12. The van der Waals surface area contributed by atoms with E-state index in [1.807, 2.05) is 67.8 Å². The van der Waals surface area contributed by atoms with Crippen molar-refractivity contribution in [3.8, 4) is 0 Å². The number of nitrogens with one attached hydrogen (secondary N) is 1. The highest BCUT2D eigenvalue weighted by atomic mass is 127. The predicted molar refractivity (Wildman–Crippen MR) is 131 cm³/mol. The summed E-state index contributed by atoms with van der Waals surface area (Å²) < 4.78 is 1.62. The van der Waals surface area contributed by atoms with Crippen molar-refractivity contribution in [1.82, 2.24) is 0 Å². The topological polar surface area (TPSA) is 124 Å². The fraction of sp³-hybridized carbons (Fsp3) is 0.500. The first-order valence-electron chi connectivity index (χ1n) is 8.59. The Labute approximate surface area is 204 Å². The van der Waals surface area contributed by atoms with E-state index in [9.17, 15) is 19.5 Å². The summed E-state index contributed by atoms with van der Waals surface area (Å²) in [6, 6.07) is 0. The van der Waals surface area contributed by atoms with Gasteiger partial charge >= 0.3 is 0 Å². The second-order valence-corrected chi connectivity index (χ2v) is 9.39. The zero-order valence-corrected chi connectivity index (χ0v) is 21.7. The molecular formula is C18H22I3NO6. The van der Waals surface area contributed by atoms with Crippen molar-refractivity contribution in [3.63, 3.8) is 0 Å². The van der Waals surface area contributed by atoms with Crippen molar-refractivity contribution in [1.29, 1.82) is 0 Å². The summed E-state index contributed by atoms with van der Waals surface area (Å²) in [6.07, 6.45) is 0.373. The third-order valence-electron chi connectivity index (χ3n) is 3.90. The Hall–Kier alpha value is 0.1000. The lowest BCUT2D eigenvalue weighted by Crippen LogP contribution is -2.20. The van der Waals surface area contributed by atoms with Crippen LogP contribution in [0, 0.1) is 10.7 Å². The first-order valence-corrected chi connectivity index (χ1v) is 11.8. The van der Waals surface area contributed by atoms with Crippen LogP contribution in [0.4, 0.5) is 5.69 Å². The van der Waals surface area contributed by atoms with Gasteiger partial charge in [0.1, 0.15) is 0 Å². The number of amides is 1. The number of anilines is 1. The number of Topliss-reactive ketones (excluding diaryl/α,β-unsaturated/α-hetero) is 2. The van der Waals surface area contributed by atoms with Crippen molar-refractivity contribution in [2.24, 2.45) is 0 Å². The van der Waals surface area contributed by atoms with E-state index in [0.717, 1.165) is 0 Å². The molecule has 1 aromatic carbocycles. The Bertz CT molecular complexity index is 754. The number of hydrogen-bond acceptors (Lipinski definition) is 6. The van der Waals surface area contributed by atoms with E-state index < -0.39 is 12.7 Å². The molecule has 0 radical (unpaired) electrons. The number of carbonyl (C=O) groups is 3. The lowest BCUT2D eigenvalue weighted by atomic mass is 9.98. The monoisotopic (exact) mass is 729 g/mol. The molecule has 0 aliphatic carbocycles. The molecule has 0 saturated carbocycles. The Morgan fingerprint density at radius 2 is 1.46 bits per heavy atom. The van der Waals surface area contributed by atoms with Gasteiger partial charge in [-0.25, -0.2) is 0 Å². The highest BCUT2D eigenvalue weighted by Crippen LogP contribution is 2.37. The molecule has 0 spiro atoms. The van der Waals surface area contributed by atoms with Crippen LogP contribution >= 0.6 is 67.8 Å². The van der Waals surface area contributed by atoms with Crippen molar-refractivity contribution < 1.29 is 29.7 Å². The van der Waals surface area contributed by atoms with Crippen LogP contribution in [0.1, 0.15) is 59.7 Å². The second-order valence-electron chi connectivity index (χ2n) is 6.15. The molecule has 10 heteroatoms. The Balaban J connectivity index is 3.44. The van der Waals surface area contributed by atoms with Crippen LogP contribution in [-0.2, 0) is 4.79 Å². The molecule has 0 heterocycles. The average molecular weight is 729 g/mol. The Morgan fingerprint density at radius 3 is 1.93 bits per heavy atom. The number of aliphatic hydroxyl groups is 3. The summed E-state index contributed by atoms with van der Waals surface area (Å²) in [5.74, 6) is -0.742. The molecule has 1 amide bonds. The number of carbonyl (C=O) groups excluding carboxylic acids is 3. The fourth-order valence-corrected chi connectivity index (χ4v) is 7.11. The summed E-state index contributed by atoms with van der Waals surface area (Å²) in [7, 11) is 0. The van der Waals surface area contributed by atoms with E-state index in [1.54, 1.807) is 0 Å². The maximum absolute atomic E-state index is 12.8. The zero-order valence-electron chi connectivity index (χ0n) is 15.2. The number of ketones is 2. The molecule has 0 aromatic heterocycles. The fourth-order valence-electron chi connectivity index (χ4n) is 2.48. The molecule has 1 aromatic rings. The SMILES string of the molecule is CC(=O)Nc1c(I)c(C(=O)CCCCO)c(I)c(C(=O)CCC(O)CO)c1I. The third kappa shape index (κ3) is 7.11. The minimum atomic E-state index is -0.988. The highest BCUT2D eigenvalue weighted by Gasteiger charge is 2.28. The standard InChI is InChI=1S/C18H22I3NO6/c1-9(25)22-18-16(20)13(11(27)4-2-3-7-23)15(19)14(17(18)21)12(28)6-5-10(26)8-24/h10,23-24,26H,2-8H2,1H3,(H,22,25). The number of aliphatic hydroxyl groups excluding tert-OH is 3. The number of hydrogen-bond donors (Lipinski definition) is 4. The number of rotatable bonds is 11. The first-order chi connectivity index (χ1) is 13.1. The molecule has 156 valence electrons. The van der Waals surface area contributed by atoms with Gasteiger partial charge in [-0.15, -0.1) is 0 Å². The molecule has 0 fully saturated rings. The molecule has 1 unspecified atom stereocenters. The van der Waals surface area contributed by atoms with Gasteiger partial charge in [-0.3, -0.25) is 14.4 Å². The van der Waals surface area contributed by atoms with Gasteiger partial charge < -0.3 is 20.6 Å². The van der Waals surface area contributed by atoms with E-state index in [1.165, 1.54) is 6.92 Å². The third-order valence-corrected chi connectivity index (χ3v) is 7.14. The molecule has 1 rings (SSSR count). The lowest BCUT2D eigenvalue weighted by Gasteiger charge is -2.19. The summed E-state index contributed by atoms with van der Waals surface area (Å²) in [6.45, 7) is 0.925. The normalized spacial score (nSPS) is 12.0. The van der Waals surface area contributed by atoms with Gasteiger partial charge in [0.15, 0.2) is 11.6 Å². The molecule has 4 N–H and O–H groups in total. The molecule has 0 saturated heterocycles. The van der Waals surface area contributed by atoms with Crippen LogP contribution < -0.4 is 5.32 Å². The number of halogens is 3. The molecule has 0 bridgehead atoms. The van der Waals surface area contributed by atoms with Crippen LogP contribution in [-0.4, -0.2) is 52.1 Å². The van der Waals surface area contributed by atoms with Gasteiger partial charge in [-0.2, -0.15) is 0 Å². The van der Waals surface area contributed by atoms with Crippen LogP contribution in [0.5, 0.6) is 0 Å². The molecule has 28 heavy (non-hydrogen) atoms. The van der Waals surface area contributed by atoms with Crippen LogP contribution in [0.3, 0.4) is 0 Å². The van der Waals surface area contributed by atoms with Crippen molar-refractivity contribution in [2.75, 3.05) is 18.5 Å². The average Bonchev–Trinajstić information content (AvgIpc) is 2.63. The number of unbranched alkanes of at least 4 members (excludes halogenated alkanes) is 1. The lowest BCUT2D eigenvalue weighted by molar-refractivity contribution is -0.114. The van der Waals surface area contributed by atoms with Crippen molar-refractivity contribution in [2.45, 2.75) is 45.1 Å². The van der Waals surface area contributed by atoms with E-state index in [2.05, 4.69) is 5.32 Å². The Kier molecular flexibility index (Phi) is 11.9. The summed E-state index contributed by atoms with van der Waals surface area (Å²) in [5, 5.41) is 30.1. The van der Waals surface area contributed by atoms with Crippen LogP contribution in [0.15, 0.2) is 0 Å². The first kappa shape index (κ1) is 26.1. The minimum Gasteiger partial charge on any atom is -0.396 e. The van der Waals surface area contributed by atoms with Crippen molar-refractivity contribution >= 4 is 90.9 Å².